The third-order valence-electron chi connectivity index (χ3n) is 2.17. The highest BCUT2D eigenvalue weighted by Crippen LogP contribution is 2.25. The van der Waals surface area contributed by atoms with Crippen molar-refractivity contribution in [3.8, 4) is 0 Å². The number of hydrogen-bond acceptors (Lipinski definition) is 2. The molecule has 2 rings (SSSR count). The summed E-state index contributed by atoms with van der Waals surface area (Å²) in [5.74, 6) is 0. The molecule has 2 nitrogen and oxygen atoms in total. The maximum absolute atomic E-state index is 5.58. The van der Waals surface area contributed by atoms with Crippen LogP contribution < -0.4 is 5.73 Å². The Morgan fingerprint density at radius 2 is 2.21 bits per heavy atom. The molecule has 0 aliphatic carbocycles. The molecule has 3 N–H and O–H groups in total. The first-order valence-corrected chi connectivity index (χ1v) is 5.62. The molecule has 0 aliphatic rings. The molecule has 1 aromatic carbocycles. The largest absolute Gasteiger partial charge is 0.350 e. The Morgan fingerprint density at radius 3 is 2.93 bits per heavy atom. The van der Waals surface area contributed by atoms with Gasteiger partial charge >= 0.3 is 0 Å². The smallest absolute Gasteiger partial charge is 0.0735 e. The molecule has 0 saturated heterocycles. The van der Waals surface area contributed by atoms with Crippen molar-refractivity contribution < 1.29 is 0 Å². The molecule has 0 spiro atoms. The molecular weight excluding hydrogens is 192 g/mol. The van der Waals surface area contributed by atoms with Gasteiger partial charge in [0.15, 0.2) is 0 Å². The number of H-pyrrole nitrogens is 1. The van der Waals surface area contributed by atoms with E-state index in [0.717, 1.165) is 0 Å². The molecule has 1 heterocycles. The second kappa shape index (κ2) is 4.07. The molecule has 0 bridgehead atoms. The lowest BCUT2D eigenvalue weighted by molar-refractivity contribution is 0.948. The SMILES string of the molecule is CC(CN)Sc1cc2ccccc2[nH]1. The van der Waals surface area contributed by atoms with Crippen LogP contribution in [0.4, 0.5) is 0 Å². The van der Waals surface area contributed by atoms with Gasteiger partial charge in [-0.1, -0.05) is 25.1 Å². The zero-order valence-corrected chi connectivity index (χ0v) is 8.97. The van der Waals surface area contributed by atoms with E-state index in [1.165, 1.54) is 15.9 Å². The zero-order chi connectivity index (χ0) is 9.97. The predicted octanol–water partition coefficient (Wildman–Crippen LogP) is 2.61. The van der Waals surface area contributed by atoms with E-state index in [4.69, 9.17) is 5.73 Å². The summed E-state index contributed by atoms with van der Waals surface area (Å²) in [4.78, 5) is 3.37. The van der Waals surface area contributed by atoms with Gasteiger partial charge in [-0.25, -0.2) is 0 Å². The van der Waals surface area contributed by atoms with Crippen molar-refractivity contribution >= 4 is 22.7 Å². The molecule has 0 aliphatic heterocycles. The minimum atomic E-state index is 0.461. The van der Waals surface area contributed by atoms with Crippen molar-refractivity contribution in [1.82, 2.24) is 4.98 Å². The molecule has 0 radical (unpaired) electrons. The first kappa shape index (κ1) is 9.62. The van der Waals surface area contributed by atoms with Gasteiger partial charge in [0.05, 0.1) is 5.03 Å². The molecule has 2 aromatic rings. The molecule has 1 unspecified atom stereocenters. The van der Waals surface area contributed by atoms with Crippen molar-refractivity contribution in [2.45, 2.75) is 17.2 Å². The van der Waals surface area contributed by atoms with Crippen LogP contribution in [0.25, 0.3) is 10.9 Å². The fourth-order valence-corrected chi connectivity index (χ4v) is 2.27. The topological polar surface area (TPSA) is 41.8 Å². The number of benzene rings is 1. The molecule has 3 heteroatoms. The monoisotopic (exact) mass is 206 g/mol. The van der Waals surface area contributed by atoms with E-state index < -0.39 is 0 Å². The summed E-state index contributed by atoms with van der Waals surface area (Å²) in [6, 6.07) is 10.5. The summed E-state index contributed by atoms with van der Waals surface area (Å²) in [5.41, 5.74) is 6.77. The quantitative estimate of drug-likeness (QED) is 0.758. The van der Waals surface area contributed by atoms with E-state index >= 15 is 0 Å². The van der Waals surface area contributed by atoms with Crippen molar-refractivity contribution in [3.63, 3.8) is 0 Å². The number of nitrogens with one attached hydrogen (secondary N) is 1. The molecule has 74 valence electrons. The van der Waals surface area contributed by atoms with Crippen LogP contribution >= 0.6 is 11.8 Å². The average Bonchev–Trinajstić information content (AvgIpc) is 2.59. The number of para-hydroxylation sites is 1. The molecule has 1 atom stereocenters. The first-order valence-electron chi connectivity index (χ1n) is 4.74. The van der Waals surface area contributed by atoms with Gasteiger partial charge in [-0.15, -0.1) is 11.8 Å². The second-order valence-electron chi connectivity index (χ2n) is 3.39. The Kier molecular flexibility index (Phi) is 2.79. The highest BCUT2D eigenvalue weighted by Gasteiger charge is 2.04. The maximum atomic E-state index is 5.58. The Labute approximate surface area is 87.9 Å². The molecule has 1 aromatic heterocycles. The van der Waals surface area contributed by atoms with E-state index in [9.17, 15) is 0 Å². The van der Waals surface area contributed by atoms with Gasteiger partial charge in [-0.3, -0.25) is 0 Å². The van der Waals surface area contributed by atoms with Gasteiger partial charge in [0.25, 0.3) is 0 Å². The van der Waals surface area contributed by atoms with Crippen LogP contribution in [0, 0.1) is 0 Å². The van der Waals surface area contributed by atoms with Gasteiger partial charge in [0.2, 0.25) is 0 Å². The van der Waals surface area contributed by atoms with Crippen LogP contribution in [-0.4, -0.2) is 16.8 Å². The summed E-state index contributed by atoms with van der Waals surface area (Å²) in [5, 5.41) is 2.92. The number of aromatic nitrogens is 1. The molecule has 0 fully saturated rings. The first-order chi connectivity index (χ1) is 6.79. The normalized spacial score (nSPS) is 13.3. The van der Waals surface area contributed by atoms with Gasteiger partial charge in [0, 0.05) is 22.7 Å². The summed E-state index contributed by atoms with van der Waals surface area (Å²) in [6.07, 6.45) is 0. The van der Waals surface area contributed by atoms with Gasteiger partial charge in [0.1, 0.15) is 0 Å². The van der Waals surface area contributed by atoms with Crippen LogP contribution in [0.5, 0.6) is 0 Å². The van der Waals surface area contributed by atoms with Crippen molar-refractivity contribution in [1.29, 1.82) is 0 Å². The summed E-state index contributed by atoms with van der Waals surface area (Å²) in [7, 11) is 0. The fraction of sp³-hybridized carbons (Fsp3) is 0.273. The Morgan fingerprint density at radius 1 is 1.43 bits per heavy atom. The Hall–Kier alpha value is -0.930. The lowest BCUT2D eigenvalue weighted by Gasteiger charge is -2.04. The number of nitrogens with two attached hydrogens (primary N) is 1. The zero-order valence-electron chi connectivity index (χ0n) is 8.16. The second-order valence-corrected chi connectivity index (χ2v) is 4.87. The van der Waals surface area contributed by atoms with Crippen LogP contribution in [-0.2, 0) is 0 Å². The third kappa shape index (κ3) is 1.94. The Balaban J connectivity index is 2.27. The molecular formula is C11H14N2S. The van der Waals surface area contributed by atoms with Gasteiger partial charge in [-0.05, 0) is 12.1 Å². The molecule has 0 amide bonds. The minimum absolute atomic E-state index is 0.461. The summed E-state index contributed by atoms with van der Waals surface area (Å²) in [6.45, 7) is 2.84. The standard InChI is InChI=1S/C11H14N2S/c1-8(7-12)14-11-6-9-4-2-3-5-10(9)13-11/h2-6,8,13H,7,12H2,1H3. The van der Waals surface area contributed by atoms with E-state index in [1.807, 2.05) is 6.07 Å². The number of aromatic amines is 1. The van der Waals surface area contributed by atoms with Crippen LogP contribution in [0.1, 0.15) is 6.92 Å². The Bertz CT molecular complexity index is 389. The average molecular weight is 206 g/mol. The predicted molar refractivity (Wildman–Crippen MR) is 62.7 cm³/mol. The van der Waals surface area contributed by atoms with Crippen molar-refractivity contribution in [2.75, 3.05) is 6.54 Å². The highest BCUT2D eigenvalue weighted by molar-refractivity contribution is 7.99. The van der Waals surface area contributed by atoms with E-state index in [0.29, 0.717) is 11.8 Å². The van der Waals surface area contributed by atoms with E-state index in [-0.39, 0.29) is 0 Å². The van der Waals surface area contributed by atoms with Gasteiger partial charge in [-0.2, -0.15) is 0 Å². The third-order valence-corrected chi connectivity index (χ3v) is 3.23. The highest BCUT2D eigenvalue weighted by atomic mass is 32.2. The molecule has 0 saturated carbocycles. The maximum Gasteiger partial charge on any atom is 0.0735 e. The van der Waals surface area contributed by atoms with Gasteiger partial charge < -0.3 is 10.7 Å². The van der Waals surface area contributed by atoms with Crippen LogP contribution in [0.2, 0.25) is 0 Å². The number of thioether (sulfide) groups is 1. The fourth-order valence-electron chi connectivity index (χ4n) is 1.38. The minimum Gasteiger partial charge on any atom is -0.350 e. The number of hydrogen-bond donors (Lipinski definition) is 2. The van der Waals surface area contributed by atoms with Crippen molar-refractivity contribution in [2.24, 2.45) is 5.73 Å². The summed E-state index contributed by atoms with van der Waals surface area (Å²) < 4.78 is 0. The van der Waals surface area contributed by atoms with Crippen molar-refractivity contribution in [3.05, 3.63) is 30.3 Å². The van der Waals surface area contributed by atoms with Crippen LogP contribution in [0.15, 0.2) is 35.4 Å². The van der Waals surface area contributed by atoms with E-state index in [2.05, 4.69) is 36.2 Å². The molecule has 14 heavy (non-hydrogen) atoms. The number of rotatable bonds is 3. The lowest BCUT2D eigenvalue weighted by Crippen LogP contribution is -2.12. The number of fused-ring (bicyclic) bond motifs is 1. The lowest BCUT2D eigenvalue weighted by atomic mass is 10.3. The van der Waals surface area contributed by atoms with Crippen LogP contribution in [0.3, 0.4) is 0 Å². The van der Waals surface area contributed by atoms with E-state index in [1.54, 1.807) is 11.8 Å². The summed E-state index contributed by atoms with van der Waals surface area (Å²) >= 11 is 1.79.